The lowest BCUT2D eigenvalue weighted by Crippen LogP contribution is -2.34. The van der Waals surface area contributed by atoms with E-state index in [9.17, 15) is 14.4 Å². The Balaban J connectivity index is 3.54. The van der Waals surface area contributed by atoms with E-state index in [2.05, 4.69) is 10.6 Å². The van der Waals surface area contributed by atoms with Crippen molar-refractivity contribution in [2.75, 3.05) is 6.54 Å². The maximum atomic E-state index is 11.2. The first kappa shape index (κ1) is 14.6. The summed E-state index contributed by atoms with van der Waals surface area (Å²) < 4.78 is 0. The lowest BCUT2D eigenvalue weighted by atomic mass is 10.2. The van der Waals surface area contributed by atoms with Crippen LogP contribution in [0, 0.1) is 0 Å². The third kappa shape index (κ3) is 9.18. The van der Waals surface area contributed by atoms with Crippen LogP contribution in [0.4, 0.5) is 0 Å². The van der Waals surface area contributed by atoms with Crippen molar-refractivity contribution in [2.24, 2.45) is 0 Å². The molecule has 0 rings (SSSR count). The number of hydrogen-bond donors (Lipinski definition) is 2. The minimum absolute atomic E-state index is 0.00676. The van der Waals surface area contributed by atoms with Gasteiger partial charge in [-0.15, -0.1) is 0 Å². The first-order chi connectivity index (χ1) is 7.41. The molecule has 0 radical (unpaired) electrons. The Kier molecular flexibility index (Phi) is 7.16. The van der Waals surface area contributed by atoms with Crippen molar-refractivity contribution < 1.29 is 14.4 Å². The van der Waals surface area contributed by atoms with Gasteiger partial charge in [0, 0.05) is 31.8 Å². The fourth-order valence-corrected chi connectivity index (χ4v) is 1.09. The van der Waals surface area contributed by atoms with E-state index in [0.717, 1.165) is 0 Å². The van der Waals surface area contributed by atoms with Crippen molar-refractivity contribution in [3.8, 4) is 0 Å². The Morgan fingerprint density at radius 1 is 1.00 bits per heavy atom. The third-order valence-corrected chi connectivity index (χ3v) is 1.83. The Morgan fingerprint density at radius 2 is 1.62 bits per heavy atom. The Morgan fingerprint density at radius 3 is 2.12 bits per heavy atom. The Hall–Kier alpha value is -1.39. The van der Waals surface area contributed by atoms with Gasteiger partial charge in [-0.05, 0) is 20.8 Å². The highest BCUT2D eigenvalue weighted by molar-refractivity contribution is 5.84. The quantitative estimate of drug-likeness (QED) is 0.661. The van der Waals surface area contributed by atoms with Crippen molar-refractivity contribution in [1.29, 1.82) is 0 Å². The number of amides is 2. The number of nitrogens with one attached hydrogen (secondary N) is 2. The molecule has 0 aromatic heterocycles. The summed E-state index contributed by atoms with van der Waals surface area (Å²) in [7, 11) is 0. The molecule has 5 heteroatoms. The number of carbonyl (C=O) groups excluding carboxylic acids is 3. The van der Waals surface area contributed by atoms with Gasteiger partial charge in [0.05, 0.1) is 0 Å². The fraction of sp³-hybridized carbons (Fsp3) is 0.727. The lowest BCUT2D eigenvalue weighted by Gasteiger charge is -2.08. The molecule has 0 atom stereocenters. The third-order valence-electron chi connectivity index (χ3n) is 1.83. The first-order valence-corrected chi connectivity index (χ1v) is 5.47. The summed E-state index contributed by atoms with van der Waals surface area (Å²) in [4.78, 5) is 32.9. The zero-order chi connectivity index (χ0) is 12.6. The molecule has 0 bridgehead atoms. The maximum Gasteiger partial charge on any atom is 0.221 e. The highest BCUT2D eigenvalue weighted by Gasteiger charge is 2.05. The topological polar surface area (TPSA) is 75.3 Å². The van der Waals surface area contributed by atoms with E-state index in [-0.39, 0.29) is 42.9 Å². The molecule has 0 aliphatic heterocycles. The lowest BCUT2D eigenvalue weighted by molar-refractivity contribution is -0.125. The molecule has 92 valence electrons. The molecular formula is C11H20N2O3. The van der Waals surface area contributed by atoms with Crippen LogP contribution in [0.3, 0.4) is 0 Å². The van der Waals surface area contributed by atoms with Crippen molar-refractivity contribution in [3.63, 3.8) is 0 Å². The molecular weight excluding hydrogens is 208 g/mol. The molecule has 0 fully saturated rings. The SMILES string of the molecule is CC(=O)CCC(=O)NCCC(=O)NC(C)C. The fourth-order valence-electron chi connectivity index (χ4n) is 1.09. The summed E-state index contributed by atoms with van der Waals surface area (Å²) >= 11 is 0. The first-order valence-electron chi connectivity index (χ1n) is 5.47. The van der Waals surface area contributed by atoms with Crippen LogP contribution in [0.2, 0.25) is 0 Å². The van der Waals surface area contributed by atoms with Crippen LogP contribution < -0.4 is 10.6 Å². The van der Waals surface area contributed by atoms with E-state index in [1.165, 1.54) is 6.92 Å². The number of rotatable bonds is 7. The number of carbonyl (C=O) groups is 3. The predicted molar refractivity (Wildman–Crippen MR) is 60.8 cm³/mol. The van der Waals surface area contributed by atoms with Gasteiger partial charge in [0.25, 0.3) is 0 Å². The van der Waals surface area contributed by atoms with Gasteiger partial charge in [-0.25, -0.2) is 0 Å². The molecule has 0 saturated carbocycles. The second-order valence-electron chi connectivity index (χ2n) is 4.02. The Bertz CT molecular complexity index is 262. The standard InChI is InChI=1S/C11H20N2O3/c1-8(2)13-11(16)6-7-12-10(15)5-4-9(3)14/h8H,4-7H2,1-3H3,(H,12,15)(H,13,16). The summed E-state index contributed by atoms with van der Waals surface area (Å²) in [5, 5.41) is 5.31. The normalized spacial score (nSPS) is 10.0. The van der Waals surface area contributed by atoms with Crippen LogP contribution in [0.15, 0.2) is 0 Å². The van der Waals surface area contributed by atoms with Crippen molar-refractivity contribution in [3.05, 3.63) is 0 Å². The summed E-state index contributed by atoms with van der Waals surface area (Å²) in [6, 6.07) is 0.112. The van der Waals surface area contributed by atoms with Gasteiger partial charge >= 0.3 is 0 Å². The largest absolute Gasteiger partial charge is 0.356 e. The van der Waals surface area contributed by atoms with Gasteiger partial charge < -0.3 is 15.4 Å². The zero-order valence-electron chi connectivity index (χ0n) is 10.1. The molecule has 0 spiro atoms. The van der Waals surface area contributed by atoms with Crippen LogP contribution in [0.5, 0.6) is 0 Å². The monoisotopic (exact) mass is 228 g/mol. The van der Waals surface area contributed by atoms with E-state index in [0.29, 0.717) is 6.54 Å². The average Bonchev–Trinajstić information content (AvgIpc) is 2.13. The van der Waals surface area contributed by atoms with Crippen LogP contribution >= 0.6 is 0 Å². The van der Waals surface area contributed by atoms with E-state index in [1.807, 2.05) is 13.8 Å². The molecule has 0 aromatic rings. The highest BCUT2D eigenvalue weighted by Crippen LogP contribution is 1.90. The molecule has 0 heterocycles. The second kappa shape index (κ2) is 7.84. The molecule has 0 aliphatic rings. The summed E-state index contributed by atoms with van der Waals surface area (Å²) in [6.45, 7) is 5.52. The van der Waals surface area contributed by atoms with Gasteiger partial charge in [-0.2, -0.15) is 0 Å². The molecule has 16 heavy (non-hydrogen) atoms. The zero-order valence-corrected chi connectivity index (χ0v) is 10.1. The van der Waals surface area contributed by atoms with Crippen molar-refractivity contribution in [1.82, 2.24) is 10.6 Å². The van der Waals surface area contributed by atoms with E-state index in [4.69, 9.17) is 0 Å². The number of hydrogen-bond acceptors (Lipinski definition) is 3. The van der Waals surface area contributed by atoms with E-state index in [1.54, 1.807) is 0 Å². The molecule has 0 aliphatic carbocycles. The summed E-state index contributed by atoms with van der Waals surface area (Å²) in [6.07, 6.45) is 0.717. The van der Waals surface area contributed by atoms with Crippen molar-refractivity contribution in [2.45, 2.75) is 46.1 Å². The smallest absolute Gasteiger partial charge is 0.221 e. The van der Waals surface area contributed by atoms with Gasteiger partial charge in [-0.1, -0.05) is 0 Å². The highest BCUT2D eigenvalue weighted by atomic mass is 16.2. The number of Topliss-reactive ketones (excluding diaryl/α,β-unsaturated/α-hetero) is 1. The molecule has 2 N–H and O–H groups in total. The van der Waals surface area contributed by atoms with Gasteiger partial charge in [0.1, 0.15) is 5.78 Å². The van der Waals surface area contributed by atoms with Crippen molar-refractivity contribution >= 4 is 17.6 Å². The van der Waals surface area contributed by atoms with Gasteiger partial charge in [-0.3, -0.25) is 9.59 Å². The average molecular weight is 228 g/mol. The van der Waals surface area contributed by atoms with E-state index < -0.39 is 0 Å². The van der Waals surface area contributed by atoms with Crippen LogP contribution in [0.1, 0.15) is 40.0 Å². The minimum Gasteiger partial charge on any atom is -0.356 e. The van der Waals surface area contributed by atoms with Crippen LogP contribution in [-0.2, 0) is 14.4 Å². The molecule has 2 amide bonds. The molecule has 0 unspecified atom stereocenters. The molecule has 0 aromatic carbocycles. The van der Waals surface area contributed by atoms with Crippen LogP contribution in [0.25, 0.3) is 0 Å². The van der Waals surface area contributed by atoms with Gasteiger partial charge in [0.15, 0.2) is 0 Å². The predicted octanol–water partition coefficient (Wildman–Crippen LogP) is 0.386. The number of ketones is 1. The van der Waals surface area contributed by atoms with Gasteiger partial charge in [0.2, 0.25) is 11.8 Å². The molecule has 5 nitrogen and oxygen atoms in total. The summed E-state index contributed by atoms with van der Waals surface area (Å²) in [5.41, 5.74) is 0. The van der Waals surface area contributed by atoms with Crippen LogP contribution in [-0.4, -0.2) is 30.2 Å². The molecule has 0 saturated heterocycles. The van der Waals surface area contributed by atoms with E-state index >= 15 is 0 Å². The maximum absolute atomic E-state index is 11.2. The summed E-state index contributed by atoms with van der Waals surface area (Å²) in [5.74, 6) is -0.276. The second-order valence-corrected chi connectivity index (χ2v) is 4.02. The minimum atomic E-state index is -0.187. The Labute approximate surface area is 96.0 Å².